The molecule has 4 N–H and O–H groups in total. The lowest BCUT2D eigenvalue weighted by atomic mass is 9.91. The summed E-state index contributed by atoms with van der Waals surface area (Å²) in [4.78, 5) is 27.5. The SMILES string of the molecule is N#Cc1ccc(C(=O)N2CCC3(N=C(N)c4ccccc4N3)C(F)C2)cc1.O=C(O)C(F)(F)F. The van der Waals surface area contributed by atoms with E-state index in [9.17, 15) is 18.0 Å². The summed E-state index contributed by atoms with van der Waals surface area (Å²) in [5.74, 6) is -2.71. The lowest BCUT2D eigenvalue weighted by molar-refractivity contribution is -0.192. The summed E-state index contributed by atoms with van der Waals surface area (Å²) in [6.45, 7) is 0.274. The third-order valence-corrected chi connectivity index (χ3v) is 5.33. The molecule has 2 aromatic carbocycles. The number of aliphatic imine (C=N–C) groups is 1. The van der Waals surface area contributed by atoms with E-state index in [2.05, 4.69) is 10.3 Å². The van der Waals surface area contributed by atoms with Crippen molar-refractivity contribution in [2.45, 2.75) is 24.4 Å². The molecule has 1 spiro atoms. The van der Waals surface area contributed by atoms with Crippen LogP contribution < -0.4 is 11.1 Å². The smallest absolute Gasteiger partial charge is 0.475 e. The molecule has 1 amide bonds. The lowest BCUT2D eigenvalue weighted by Gasteiger charge is -2.44. The number of carbonyl (C=O) groups excluding carboxylic acids is 1. The number of carbonyl (C=O) groups is 2. The Labute approximate surface area is 191 Å². The van der Waals surface area contributed by atoms with Crippen LogP contribution in [0.2, 0.25) is 0 Å². The number of likely N-dealkylation sites (tertiary alicyclic amines) is 1. The van der Waals surface area contributed by atoms with Gasteiger partial charge in [-0.05, 0) is 36.4 Å². The predicted octanol–water partition coefficient (Wildman–Crippen LogP) is 2.90. The second-order valence-electron chi connectivity index (χ2n) is 7.55. The fourth-order valence-corrected chi connectivity index (χ4v) is 3.57. The highest BCUT2D eigenvalue weighted by molar-refractivity contribution is 6.04. The number of nitrogens with zero attached hydrogens (tertiary/aromatic N) is 3. The van der Waals surface area contributed by atoms with E-state index in [1.54, 1.807) is 24.3 Å². The van der Waals surface area contributed by atoms with Gasteiger partial charge in [0.05, 0.1) is 18.2 Å². The molecule has 4 rings (SSSR count). The molecule has 2 unspecified atom stereocenters. The number of nitrogens with one attached hydrogen (secondary N) is 1. The number of hydrogen-bond acceptors (Lipinski definition) is 6. The molecule has 2 heterocycles. The van der Waals surface area contributed by atoms with Crippen molar-refractivity contribution in [1.82, 2.24) is 4.90 Å². The van der Waals surface area contributed by atoms with Gasteiger partial charge in [-0.25, -0.2) is 14.2 Å². The van der Waals surface area contributed by atoms with Crippen molar-refractivity contribution >= 4 is 23.4 Å². The van der Waals surface area contributed by atoms with Gasteiger partial charge >= 0.3 is 12.1 Å². The van der Waals surface area contributed by atoms with Crippen molar-refractivity contribution in [2.75, 3.05) is 18.4 Å². The maximum Gasteiger partial charge on any atom is 0.490 e. The Morgan fingerprint density at radius 2 is 1.82 bits per heavy atom. The Morgan fingerprint density at radius 1 is 1.21 bits per heavy atom. The average molecular weight is 477 g/mol. The number of amidine groups is 1. The highest BCUT2D eigenvalue weighted by Gasteiger charge is 2.47. The molecule has 2 aliphatic rings. The highest BCUT2D eigenvalue weighted by atomic mass is 19.4. The van der Waals surface area contributed by atoms with Crippen molar-refractivity contribution in [3.8, 4) is 6.07 Å². The van der Waals surface area contributed by atoms with E-state index in [0.717, 1.165) is 11.3 Å². The van der Waals surface area contributed by atoms with Gasteiger partial charge in [0, 0.05) is 29.8 Å². The first kappa shape index (κ1) is 24.5. The summed E-state index contributed by atoms with van der Waals surface area (Å²) in [6.07, 6.45) is -6.17. The average Bonchev–Trinajstić information content (AvgIpc) is 2.80. The number of amides is 1. The molecule has 2 aliphatic heterocycles. The summed E-state index contributed by atoms with van der Waals surface area (Å²) in [5, 5.41) is 19.2. The van der Waals surface area contributed by atoms with Crippen molar-refractivity contribution < 1.29 is 32.3 Å². The van der Waals surface area contributed by atoms with E-state index < -0.39 is 24.0 Å². The number of para-hydroxylation sites is 1. The number of hydrogen-bond donors (Lipinski definition) is 3. The number of halogens is 4. The van der Waals surface area contributed by atoms with Crippen LogP contribution >= 0.6 is 0 Å². The first-order valence-electron chi connectivity index (χ1n) is 9.93. The molecule has 1 saturated heterocycles. The van der Waals surface area contributed by atoms with Crippen molar-refractivity contribution in [1.29, 1.82) is 5.26 Å². The first-order chi connectivity index (χ1) is 16.0. The first-order valence-corrected chi connectivity index (χ1v) is 9.93. The van der Waals surface area contributed by atoms with Crippen molar-refractivity contribution in [3.63, 3.8) is 0 Å². The van der Waals surface area contributed by atoms with E-state index in [0.29, 0.717) is 29.9 Å². The number of nitrogens with two attached hydrogens (primary N) is 1. The molecule has 0 bridgehead atoms. The summed E-state index contributed by atoms with van der Waals surface area (Å²) in [7, 11) is 0. The van der Waals surface area contributed by atoms with Crippen LogP contribution in [0.3, 0.4) is 0 Å². The molecule has 8 nitrogen and oxygen atoms in total. The number of carboxylic acid groups (broad SMARTS) is 1. The van der Waals surface area contributed by atoms with Gasteiger partial charge in [0.2, 0.25) is 0 Å². The fourth-order valence-electron chi connectivity index (χ4n) is 3.57. The van der Waals surface area contributed by atoms with Gasteiger partial charge in [-0.1, -0.05) is 12.1 Å². The second kappa shape index (κ2) is 9.38. The summed E-state index contributed by atoms with van der Waals surface area (Å²) in [6, 6.07) is 15.7. The number of alkyl halides is 4. The maximum absolute atomic E-state index is 15.2. The van der Waals surface area contributed by atoms with Crippen LogP contribution in [0, 0.1) is 11.3 Å². The molecule has 178 valence electrons. The van der Waals surface area contributed by atoms with Crippen molar-refractivity contribution in [3.05, 3.63) is 65.2 Å². The Morgan fingerprint density at radius 3 is 2.38 bits per heavy atom. The van der Waals surface area contributed by atoms with Crippen molar-refractivity contribution in [2.24, 2.45) is 10.7 Å². The standard InChI is InChI=1S/C20H18FN5O.C2HF3O2/c21-17-12-26(19(27)14-7-5-13(11-22)6-8-14)10-9-20(17)24-16-4-2-1-3-15(16)18(23)25-20;3-2(4,5)1(6)7/h1-8,17,24H,9-10,12H2,(H2,23,25);(H,6,7). The van der Waals surface area contributed by atoms with Crippen LogP contribution in [0.25, 0.3) is 0 Å². The molecule has 0 aromatic heterocycles. The lowest BCUT2D eigenvalue weighted by Crippen LogP contribution is -2.59. The van der Waals surface area contributed by atoms with Crippen LogP contribution in [-0.4, -0.2) is 58.8 Å². The second-order valence-corrected chi connectivity index (χ2v) is 7.55. The van der Waals surface area contributed by atoms with Gasteiger partial charge in [-0.3, -0.25) is 4.79 Å². The zero-order valence-electron chi connectivity index (χ0n) is 17.5. The number of aliphatic carboxylic acids is 1. The van der Waals surface area contributed by atoms with E-state index in [1.165, 1.54) is 4.90 Å². The third-order valence-electron chi connectivity index (χ3n) is 5.33. The molecule has 2 atom stereocenters. The highest BCUT2D eigenvalue weighted by Crippen LogP contribution is 2.36. The Bertz CT molecular complexity index is 1160. The van der Waals surface area contributed by atoms with Gasteiger partial charge < -0.3 is 21.1 Å². The summed E-state index contributed by atoms with van der Waals surface area (Å²) in [5.41, 5.74) is 7.32. The summed E-state index contributed by atoms with van der Waals surface area (Å²) >= 11 is 0. The minimum Gasteiger partial charge on any atom is -0.475 e. The third kappa shape index (κ3) is 5.09. The molecule has 2 aromatic rings. The number of anilines is 1. The monoisotopic (exact) mass is 477 g/mol. The minimum atomic E-state index is -5.08. The van der Waals surface area contributed by atoms with Gasteiger partial charge in [0.1, 0.15) is 5.84 Å². The molecule has 34 heavy (non-hydrogen) atoms. The van der Waals surface area contributed by atoms with E-state index in [1.807, 2.05) is 30.3 Å². The van der Waals surface area contributed by atoms with Crippen LogP contribution in [0.5, 0.6) is 0 Å². The van der Waals surface area contributed by atoms with Crippen LogP contribution in [0.15, 0.2) is 53.5 Å². The maximum atomic E-state index is 15.2. The van der Waals surface area contributed by atoms with Gasteiger partial charge in [-0.15, -0.1) is 0 Å². The quantitative estimate of drug-likeness (QED) is 0.541. The number of nitriles is 1. The largest absolute Gasteiger partial charge is 0.490 e. The topological polar surface area (TPSA) is 132 Å². The number of rotatable bonds is 1. The van der Waals surface area contributed by atoms with Gasteiger partial charge in [0.25, 0.3) is 5.91 Å². The number of fused-ring (bicyclic) bond motifs is 1. The number of piperidine rings is 1. The van der Waals surface area contributed by atoms with E-state index >= 15 is 4.39 Å². The predicted molar refractivity (Wildman–Crippen MR) is 114 cm³/mol. The number of carboxylic acids is 1. The molecular weight excluding hydrogens is 458 g/mol. The molecule has 0 radical (unpaired) electrons. The summed E-state index contributed by atoms with van der Waals surface area (Å²) < 4.78 is 46.9. The normalized spacial score (nSPS) is 21.2. The zero-order valence-corrected chi connectivity index (χ0v) is 17.5. The van der Waals surface area contributed by atoms with Gasteiger partial charge in [-0.2, -0.15) is 18.4 Å². The van der Waals surface area contributed by atoms with Crippen LogP contribution in [0.4, 0.5) is 23.2 Å². The number of benzene rings is 2. The Hall–Kier alpha value is -4.14. The fraction of sp³-hybridized carbons (Fsp3) is 0.273. The molecule has 0 aliphatic carbocycles. The molecule has 12 heteroatoms. The Kier molecular flexibility index (Phi) is 6.76. The minimum absolute atomic E-state index is 0.0786. The van der Waals surface area contributed by atoms with Gasteiger partial charge in [0.15, 0.2) is 11.8 Å². The van der Waals surface area contributed by atoms with E-state index in [-0.39, 0.29) is 12.5 Å². The molecule has 0 saturated carbocycles. The van der Waals surface area contributed by atoms with Crippen LogP contribution in [0.1, 0.15) is 27.9 Å². The molecule has 1 fully saturated rings. The van der Waals surface area contributed by atoms with E-state index in [4.69, 9.17) is 20.9 Å². The zero-order chi connectivity index (χ0) is 25.1. The van der Waals surface area contributed by atoms with Crippen LogP contribution in [-0.2, 0) is 4.79 Å². The Balaban J connectivity index is 0.000000406. The molecular formula is C22H19F4N5O3.